The first kappa shape index (κ1) is 10.5. The van der Waals surface area contributed by atoms with E-state index in [9.17, 15) is 4.79 Å². The maximum atomic E-state index is 11.8. The van der Waals surface area contributed by atoms with E-state index in [0.29, 0.717) is 12.2 Å². The van der Waals surface area contributed by atoms with Gasteiger partial charge in [0.05, 0.1) is 11.3 Å². The van der Waals surface area contributed by atoms with Gasteiger partial charge in [0.25, 0.3) is 0 Å². The van der Waals surface area contributed by atoms with E-state index in [0.717, 1.165) is 9.35 Å². The SMILES string of the molecule is Cn1ncnc1CC(=O)c1cc(Br)cs1. The van der Waals surface area contributed by atoms with E-state index in [4.69, 9.17) is 0 Å². The second-order valence-electron chi connectivity index (χ2n) is 3.03. The van der Waals surface area contributed by atoms with E-state index in [1.807, 2.05) is 11.4 Å². The minimum Gasteiger partial charge on any atom is -0.293 e. The van der Waals surface area contributed by atoms with Gasteiger partial charge in [0, 0.05) is 16.9 Å². The molecule has 0 amide bonds. The summed E-state index contributed by atoms with van der Waals surface area (Å²) in [6.45, 7) is 0. The average molecular weight is 286 g/mol. The van der Waals surface area contributed by atoms with Gasteiger partial charge in [-0.15, -0.1) is 11.3 Å². The Bertz CT molecular complexity index is 491. The summed E-state index contributed by atoms with van der Waals surface area (Å²) >= 11 is 4.75. The summed E-state index contributed by atoms with van der Waals surface area (Å²) in [6, 6.07) is 1.82. The molecule has 2 heterocycles. The molecule has 0 radical (unpaired) electrons. The van der Waals surface area contributed by atoms with E-state index in [-0.39, 0.29) is 5.78 Å². The number of nitrogens with zero attached hydrogens (tertiary/aromatic N) is 3. The maximum absolute atomic E-state index is 11.8. The minimum atomic E-state index is 0.0711. The summed E-state index contributed by atoms with van der Waals surface area (Å²) in [6.07, 6.45) is 1.75. The van der Waals surface area contributed by atoms with Crippen LogP contribution in [0.15, 0.2) is 22.2 Å². The highest BCUT2D eigenvalue weighted by molar-refractivity contribution is 9.10. The second kappa shape index (κ2) is 4.24. The van der Waals surface area contributed by atoms with Crippen molar-refractivity contribution in [3.8, 4) is 0 Å². The highest BCUT2D eigenvalue weighted by Gasteiger charge is 2.12. The average Bonchev–Trinajstić information content (AvgIpc) is 2.77. The Hall–Kier alpha value is -1.01. The summed E-state index contributed by atoms with van der Waals surface area (Å²) in [7, 11) is 1.78. The van der Waals surface area contributed by atoms with E-state index in [2.05, 4.69) is 26.0 Å². The van der Waals surface area contributed by atoms with Gasteiger partial charge < -0.3 is 0 Å². The van der Waals surface area contributed by atoms with Gasteiger partial charge in [0.15, 0.2) is 5.78 Å². The lowest BCUT2D eigenvalue weighted by Crippen LogP contribution is -2.07. The number of Topliss-reactive ketones (excluding diaryl/α,β-unsaturated/α-hetero) is 1. The monoisotopic (exact) mass is 285 g/mol. The Morgan fingerprint density at radius 1 is 1.67 bits per heavy atom. The smallest absolute Gasteiger partial charge is 0.180 e. The molecule has 0 saturated carbocycles. The highest BCUT2D eigenvalue weighted by Crippen LogP contribution is 2.20. The van der Waals surface area contributed by atoms with Crippen LogP contribution in [0.25, 0.3) is 0 Å². The Balaban J connectivity index is 2.14. The molecule has 0 N–H and O–H groups in total. The molecule has 0 aliphatic carbocycles. The zero-order valence-electron chi connectivity index (χ0n) is 7.98. The Morgan fingerprint density at radius 3 is 3.00 bits per heavy atom. The van der Waals surface area contributed by atoms with Gasteiger partial charge in [-0.25, -0.2) is 4.98 Å². The molecule has 0 spiro atoms. The molecule has 0 unspecified atom stereocenters. The lowest BCUT2D eigenvalue weighted by atomic mass is 10.2. The van der Waals surface area contributed by atoms with Crippen molar-refractivity contribution < 1.29 is 4.79 Å². The molecule has 15 heavy (non-hydrogen) atoms. The molecule has 4 nitrogen and oxygen atoms in total. The molecular formula is C9H8BrN3OS. The van der Waals surface area contributed by atoms with Crippen LogP contribution >= 0.6 is 27.3 Å². The van der Waals surface area contributed by atoms with Gasteiger partial charge in [-0.3, -0.25) is 9.48 Å². The van der Waals surface area contributed by atoms with Crippen LogP contribution in [0.4, 0.5) is 0 Å². The van der Waals surface area contributed by atoms with Gasteiger partial charge >= 0.3 is 0 Å². The first-order valence-electron chi connectivity index (χ1n) is 4.27. The van der Waals surface area contributed by atoms with Crippen molar-refractivity contribution in [2.75, 3.05) is 0 Å². The third kappa shape index (κ3) is 2.32. The predicted molar refractivity (Wildman–Crippen MR) is 61.1 cm³/mol. The summed E-state index contributed by atoms with van der Waals surface area (Å²) in [5, 5.41) is 5.81. The second-order valence-corrected chi connectivity index (χ2v) is 4.86. The van der Waals surface area contributed by atoms with Crippen molar-refractivity contribution in [2.45, 2.75) is 6.42 Å². The van der Waals surface area contributed by atoms with Crippen molar-refractivity contribution in [3.63, 3.8) is 0 Å². The Labute approximate surface area is 99.1 Å². The van der Waals surface area contributed by atoms with Gasteiger partial charge in [-0.2, -0.15) is 5.10 Å². The summed E-state index contributed by atoms with van der Waals surface area (Å²) < 4.78 is 2.55. The van der Waals surface area contributed by atoms with Gasteiger partial charge in [0.1, 0.15) is 12.2 Å². The van der Waals surface area contributed by atoms with Crippen LogP contribution in [0.2, 0.25) is 0 Å². The number of ketones is 1. The summed E-state index contributed by atoms with van der Waals surface area (Å²) in [5.41, 5.74) is 0. The largest absolute Gasteiger partial charge is 0.293 e. The molecule has 2 aromatic heterocycles. The number of rotatable bonds is 3. The quantitative estimate of drug-likeness (QED) is 0.811. The van der Waals surface area contributed by atoms with Crippen molar-refractivity contribution in [1.29, 1.82) is 0 Å². The number of aromatic nitrogens is 3. The van der Waals surface area contributed by atoms with Crippen LogP contribution in [-0.4, -0.2) is 20.5 Å². The van der Waals surface area contributed by atoms with Crippen molar-refractivity contribution in [3.05, 3.63) is 32.9 Å². The number of carbonyl (C=O) groups is 1. The predicted octanol–water partition coefficient (Wildman–Crippen LogP) is 2.06. The molecule has 0 fully saturated rings. The van der Waals surface area contributed by atoms with Crippen LogP contribution < -0.4 is 0 Å². The molecule has 0 aliphatic rings. The molecule has 2 aromatic rings. The van der Waals surface area contributed by atoms with Gasteiger partial charge in [0.2, 0.25) is 0 Å². The molecule has 2 rings (SSSR count). The Kier molecular flexibility index (Phi) is 2.97. The van der Waals surface area contributed by atoms with Crippen LogP contribution in [0.1, 0.15) is 15.5 Å². The molecule has 0 bridgehead atoms. The fraction of sp³-hybridized carbons (Fsp3) is 0.222. The minimum absolute atomic E-state index is 0.0711. The third-order valence-electron chi connectivity index (χ3n) is 1.97. The van der Waals surface area contributed by atoms with Crippen molar-refractivity contribution in [2.24, 2.45) is 7.05 Å². The first-order valence-corrected chi connectivity index (χ1v) is 5.94. The number of hydrogen-bond acceptors (Lipinski definition) is 4. The fourth-order valence-electron chi connectivity index (χ4n) is 1.17. The number of aryl methyl sites for hydroxylation is 1. The highest BCUT2D eigenvalue weighted by atomic mass is 79.9. The van der Waals surface area contributed by atoms with E-state index in [1.54, 1.807) is 11.7 Å². The van der Waals surface area contributed by atoms with Crippen LogP contribution in [-0.2, 0) is 13.5 Å². The number of carbonyl (C=O) groups excluding carboxylic acids is 1. The van der Waals surface area contributed by atoms with Crippen LogP contribution in [0.3, 0.4) is 0 Å². The molecular weight excluding hydrogens is 278 g/mol. The zero-order valence-corrected chi connectivity index (χ0v) is 10.4. The number of halogens is 1. The number of hydrogen-bond donors (Lipinski definition) is 0. The van der Waals surface area contributed by atoms with Gasteiger partial charge in [-0.1, -0.05) is 0 Å². The van der Waals surface area contributed by atoms with E-state index >= 15 is 0 Å². The molecule has 0 saturated heterocycles. The molecule has 78 valence electrons. The molecule has 0 aliphatic heterocycles. The fourth-order valence-corrected chi connectivity index (χ4v) is 2.54. The van der Waals surface area contributed by atoms with Crippen molar-refractivity contribution >= 4 is 33.0 Å². The molecule has 6 heteroatoms. The third-order valence-corrected chi connectivity index (χ3v) is 3.70. The molecule has 0 aromatic carbocycles. The Morgan fingerprint density at radius 2 is 2.47 bits per heavy atom. The molecule has 0 atom stereocenters. The standard InChI is InChI=1S/C9H8BrN3OS/c1-13-9(11-5-12-13)3-7(14)8-2-6(10)4-15-8/h2,4-5H,3H2,1H3. The van der Waals surface area contributed by atoms with E-state index in [1.165, 1.54) is 17.7 Å². The number of thiophene rings is 1. The lowest BCUT2D eigenvalue weighted by Gasteiger charge is -1.97. The van der Waals surface area contributed by atoms with Gasteiger partial charge in [-0.05, 0) is 22.0 Å². The first-order chi connectivity index (χ1) is 7.16. The lowest BCUT2D eigenvalue weighted by molar-refractivity contribution is 0.0993. The van der Waals surface area contributed by atoms with Crippen LogP contribution in [0.5, 0.6) is 0 Å². The van der Waals surface area contributed by atoms with Crippen molar-refractivity contribution in [1.82, 2.24) is 14.8 Å². The summed E-state index contributed by atoms with van der Waals surface area (Å²) in [5.74, 6) is 0.756. The van der Waals surface area contributed by atoms with Crippen LogP contribution in [0, 0.1) is 0 Å². The van der Waals surface area contributed by atoms with E-state index < -0.39 is 0 Å². The topological polar surface area (TPSA) is 47.8 Å². The zero-order chi connectivity index (χ0) is 10.8. The maximum Gasteiger partial charge on any atom is 0.180 e. The summed E-state index contributed by atoms with van der Waals surface area (Å²) in [4.78, 5) is 16.5. The normalized spacial score (nSPS) is 10.5.